The molecule has 78 valence electrons. The van der Waals surface area contributed by atoms with Crippen molar-refractivity contribution in [1.29, 1.82) is 0 Å². The first kappa shape index (κ1) is 10.4. The second kappa shape index (κ2) is 3.47. The molecule has 5 heteroatoms. The van der Waals surface area contributed by atoms with Gasteiger partial charge in [-0.25, -0.2) is 0 Å². The van der Waals surface area contributed by atoms with Gasteiger partial charge in [0.25, 0.3) is 0 Å². The Bertz CT molecular complexity index is 622. The molecule has 0 aromatic heterocycles. The number of hydrogen-bond donors (Lipinski definition) is 0. The number of halogens is 2. The highest BCUT2D eigenvalue weighted by molar-refractivity contribution is 7.86. The van der Waals surface area contributed by atoms with E-state index in [1.54, 1.807) is 18.2 Å². The molecule has 0 amide bonds. The van der Waals surface area contributed by atoms with Crippen molar-refractivity contribution >= 4 is 32.6 Å². The fraction of sp³-hybridized carbons (Fsp3) is 0. The summed E-state index contributed by atoms with van der Waals surface area (Å²) >= 11 is 5.76. The molecule has 0 N–H and O–H groups in total. The van der Waals surface area contributed by atoms with Gasteiger partial charge in [-0.2, -0.15) is 8.42 Å². The Morgan fingerprint density at radius 1 is 1.00 bits per heavy atom. The van der Waals surface area contributed by atoms with Gasteiger partial charge in [-0.15, -0.1) is 3.89 Å². The van der Waals surface area contributed by atoms with Crippen molar-refractivity contribution in [3.05, 3.63) is 41.4 Å². The molecule has 0 saturated carbocycles. The molecule has 2 aromatic carbocycles. The summed E-state index contributed by atoms with van der Waals surface area (Å²) in [6.45, 7) is 0. The van der Waals surface area contributed by atoms with Crippen LogP contribution in [0.1, 0.15) is 0 Å². The highest BCUT2D eigenvalue weighted by Gasteiger charge is 2.11. The SMILES string of the molecule is O=S(=O)(F)c1ccc2cc(Cl)ccc2c1. The standard InChI is InChI=1S/C10H6ClFO2S/c11-9-3-1-8-6-10(15(12,13)14)4-2-7(8)5-9/h1-6H. The summed E-state index contributed by atoms with van der Waals surface area (Å²) in [6.07, 6.45) is 0. The van der Waals surface area contributed by atoms with E-state index < -0.39 is 10.2 Å². The zero-order valence-electron chi connectivity index (χ0n) is 7.44. The van der Waals surface area contributed by atoms with Crippen molar-refractivity contribution < 1.29 is 12.3 Å². The quantitative estimate of drug-likeness (QED) is 0.722. The van der Waals surface area contributed by atoms with E-state index in [1.165, 1.54) is 18.2 Å². The third-order valence-electron chi connectivity index (χ3n) is 2.06. The molecule has 0 unspecified atom stereocenters. The van der Waals surface area contributed by atoms with Gasteiger partial charge >= 0.3 is 10.2 Å². The molecule has 0 aliphatic heterocycles. The molecule has 0 spiro atoms. The van der Waals surface area contributed by atoms with Crippen LogP contribution in [-0.4, -0.2) is 8.42 Å². The van der Waals surface area contributed by atoms with E-state index in [4.69, 9.17) is 11.6 Å². The average Bonchev–Trinajstić information content (AvgIpc) is 2.15. The van der Waals surface area contributed by atoms with E-state index in [1.807, 2.05) is 0 Å². The lowest BCUT2D eigenvalue weighted by Crippen LogP contribution is -1.91. The smallest absolute Gasteiger partial charge is 0.189 e. The van der Waals surface area contributed by atoms with Crippen LogP contribution in [0, 0.1) is 0 Å². The van der Waals surface area contributed by atoms with Crippen LogP contribution < -0.4 is 0 Å². The summed E-state index contributed by atoms with van der Waals surface area (Å²) in [4.78, 5) is -0.336. The second-order valence-electron chi connectivity index (χ2n) is 3.09. The Kier molecular flexibility index (Phi) is 2.40. The maximum atomic E-state index is 12.7. The maximum Gasteiger partial charge on any atom is 0.332 e. The fourth-order valence-electron chi connectivity index (χ4n) is 1.35. The van der Waals surface area contributed by atoms with Crippen molar-refractivity contribution in [3.8, 4) is 0 Å². The normalized spacial score (nSPS) is 11.9. The van der Waals surface area contributed by atoms with Crippen LogP contribution in [-0.2, 0) is 10.2 Å². The predicted octanol–water partition coefficient (Wildman–Crippen LogP) is 3.15. The molecule has 2 rings (SSSR count). The molecular weight excluding hydrogens is 239 g/mol. The number of benzene rings is 2. The zero-order chi connectivity index (χ0) is 11.1. The van der Waals surface area contributed by atoms with Crippen LogP contribution in [0.4, 0.5) is 3.89 Å². The van der Waals surface area contributed by atoms with Crippen LogP contribution in [0.3, 0.4) is 0 Å². The van der Waals surface area contributed by atoms with Gasteiger partial charge < -0.3 is 0 Å². The molecule has 2 nitrogen and oxygen atoms in total. The third-order valence-corrected chi connectivity index (χ3v) is 3.11. The Balaban J connectivity index is 2.73. The van der Waals surface area contributed by atoms with Crippen LogP contribution in [0.2, 0.25) is 5.02 Å². The molecule has 0 aliphatic carbocycles. The van der Waals surface area contributed by atoms with Gasteiger partial charge in [0, 0.05) is 5.02 Å². The molecule has 0 heterocycles. The number of rotatable bonds is 1. The van der Waals surface area contributed by atoms with Crippen LogP contribution in [0.25, 0.3) is 10.8 Å². The molecule has 0 saturated heterocycles. The monoisotopic (exact) mass is 244 g/mol. The fourth-order valence-corrected chi connectivity index (χ4v) is 2.03. The highest BCUT2D eigenvalue weighted by Crippen LogP contribution is 2.23. The lowest BCUT2D eigenvalue weighted by atomic mass is 10.1. The first-order valence-corrected chi connectivity index (χ1v) is 5.87. The van der Waals surface area contributed by atoms with Gasteiger partial charge in [-0.3, -0.25) is 0 Å². The topological polar surface area (TPSA) is 34.1 Å². The Labute approximate surface area is 91.5 Å². The Morgan fingerprint density at radius 3 is 2.27 bits per heavy atom. The average molecular weight is 245 g/mol. The minimum atomic E-state index is -4.64. The van der Waals surface area contributed by atoms with E-state index in [9.17, 15) is 12.3 Å². The first-order chi connectivity index (χ1) is 6.97. The van der Waals surface area contributed by atoms with E-state index >= 15 is 0 Å². The van der Waals surface area contributed by atoms with E-state index in [-0.39, 0.29) is 4.90 Å². The summed E-state index contributed by atoms with van der Waals surface area (Å²) in [6, 6.07) is 8.97. The summed E-state index contributed by atoms with van der Waals surface area (Å²) < 4.78 is 34.0. The minimum absolute atomic E-state index is 0.336. The van der Waals surface area contributed by atoms with E-state index in [2.05, 4.69) is 0 Å². The summed E-state index contributed by atoms with van der Waals surface area (Å²) in [7, 11) is -4.64. The van der Waals surface area contributed by atoms with Crippen molar-refractivity contribution in [1.82, 2.24) is 0 Å². The van der Waals surface area contributed by atoms with Gasteiger partial charge in [0.15, 0.2) is 0 Å². The largest absolute Gasteiger partial charge is 0.332 e. The highest BCUT2D eigenvalue weighted by atomic mass is 35.5. The van der Waals surface area contributed by atoms with Gasteiger partial charge in [0.05, 0.1) is 4.90 Å². The lowest BCUT2D eigenvalue weighted by Gasteiger charge is -2.00. The van der Waals surface area contributed by atoms with Gasteiger partial charge in [0.2, 0.25) is 0 Å². The van der Waals surface area contributed by atoms with Crippen LogP contribution in [0.15, 0.2) is 41.3 Å². The molecule has 2 aromatic rings. The number of fused-ring (bicyclic) bond motifs is 1. The maximum absolute atomic E-state index is 12.7. The lowest BCUT2D eigenvalue weighted by molar-refractivity contribution is 0.552. The molecule has 0 fully saturated rings. The molecule has 15 heavy (non-hydrogen) atoms. The van der Waals surface area contributed by atoms with Gasteiger partial charge in [0.1, 0.15) is 0 Å². The van der Waals surface area contributed by atoms with E-state index in [0.29, 0.717) is 10.4 Å². The van der Waals surface area contributed by atoms with Crippen molar-refractivity contribution in [2.24, 2.45) is 0 Å². The second-order valence-corrected chi connectivity index (χ2v) is 4.87. The first-order valence-electron chi connectivity index (χ1n) is 4.11. The van der Waals surface area contributed by atoms with Gasteiger partial charge in [-0.05, 0) is 35.0 Å². The summed E-state index contributed by atoms with van der Waals surface area (Å²) in [5, 5.41) is 1.96. The van der Waals surface area contributed by atoms with Crippen molar-refractivity contribution in [2.45, 2.75) is 4.90 Å². The molecule has 0 aliphatic rings. The van der Waals surface area contributed by atoms with Gasteiger partial charge in [-0.1, -0.05) is 23.7 Å². The Hall–Kier alpha value is -1.13. The molecule has 0 atom stereocenters. The Morgan fingerprint density at radius 2 is 1.60 bits per heavy atom. The van der Waals surface area contributed by atoms with Crippen molar-refractivity contribution in [2.75, 3.05) is 0 Å². The molecular formula is C10H6ClFO2S. The summed E-state index contributed by atoms with van der Waals surface area (Å²) in [5.74, 6) is 0. The summed E-state index contributed by atoms with van der Waals surface area (Å²) in [5.41, 5.74) is 0. The molecule has 0 bridgehead atoms. The van der Waals surface area contributed by atoms with Crippen LogP contribution >= 0.6 is 11.6 Å². The third kappa shape index (κ3) is 2.11. The number of hydrogen-bond acceptors (Lipinski definition) is 2. The molecule has 0 radical (unpaired) electrons. The van der Waals surface area contributed by atoms with E-state index in [0.717, 1.165) is 5.39 Å². The zero-order valence-corrected chi connectivity index (χ0v) is 9.02. The van der Waals surface area contributed by atoms with Crippen molar-refractivity contribution in [3.63, 3.8) is 0 Å². The predicted molar refractivity (Wildman–Crippen MR) is 57.3 cm³/mol. The minimum Gasteiger partial charge on any atom is -0.189 e. The van der Waals surface area contributed by atoms with Crippen LogP contribution in [0.5, 0.6) is 0 Å².